The SMILES string of the molecule is Cc1ccc(S(=O)(=O)Nc2cccc(C(=O)O[C@@H](C)C(=O)N(C)C)c2)cc1F. The van der Waals surface area contributed by atoms with Crippen LogP contribution in [0.25, 0.3) is 0 Å². The molecule has 2 rings (SSSR count). The summed E-state index contributed by atoms with van der Waals surface area (Å²) < 4.78 is 46.0. The highest BCUT2D eigenvalue weighted by Gasteiger charge is 2.21. The van der Waals surface area contributed by atoms with Gasteiger partial charge in [-0.15, -0.1) is 0 Å². The Hall–Kier alpha value is -2.94. The van der Waals surface area contributed by atoms with E-state index in [2.05, 4.69) is 4.72 Å². The van der Waals surface area contributed by atoms with Crippen LogP contribution in [0.4, 0.5) is 10.1 Å². The number of sulfonamides is 1. The summed E-state index contributed by atoms with van der Waals surface area (Å²) in [6.45, 7) is 2.97. The number of rotatable bonds is 6. The number of carbonyl (C=O) groups excluding carboxylic acids is 2. The van der Waals surface area contributed by atoms with Gasteiger partial charge in [-0.3, -0.25) is 9.52 Å². The number of benzene rings is 2. The fourth-order valence-corrected chi connectivity index (χ4v) is 3.37. The second kappa shape index (κ2) is 8.39. The Morgan fingerprint density at radius 1 is 1.14 bits per heavy atom. The molecule has 0 aliphatic carbocycles. The molecule has 150 valence electrons. The molecule has 0 aliphatic rings. The number of nitrogens with zero attached hydrogens (tertiary/aromatic N) is 1. The number of likely N-dealkylation sites (N-methyl/N-ethyl adjacent to an activating group) is 1. The molecular formula is C19H21FN2O5S. The maximum absolute atomic E-state index is 13.7. The highest BCUT2D eigenvalue weighted by Crippen LogP contribution is 2.20. The quantitative estimate of drug-likeness (QED) is 0.742. The Kier molecular flexibility index (Phi) is 6.40. The second-order valence-corrected chi connectivity index (χ2v) is 8.06. The third kappa shape index (κ3) is 5.07. The third-order valence-electron chi connectivity index (χ3n) is 3.88. The molecule has 0 spiro atoms. The first-order valence-electron chi connectivity index (χ1n) is 8.32. The predicted octanol–water partition coefficient (Wildman–Crippen LogP) is 2.57. The summed E-state index contributed by atoms with van der Waals surface area (Å²) >= 11 is 0. The zero-order valence-corrected chi connectivity index (χ0v) is 16.7. The number of amides is 1. The number of aryl methyl sites for hydroxylation is 1. The smallest absolute Gasteiger partial charge is 0.338 e. The van der Waals surface area contributed by atoms with Gasteiger partial charge in [0.1, 0.15) is 5.82 Å². The van der Waals surface area contributed by atoms with Crippen LogP contribution in [0.2, 0.25) is 0 Å². The predicted molar refractivity (Wildman–Crippen MR) is 102 cm³/mol. The van der Waals surface area contributed by atoms with Crippen LogP contribution >= 0.6 is 0 Å². The van der Waals surface area contributed by atoms with E-state index in [1.54, 1.807) is 0 Å². The highest BCUT2D eigenvalue weighted by atomic mass is 32.2. The Balaban J connectivity index is 2.19. The van der Waals surface area contributed by atoms with Gasteiger partial charge in [-0.1, -0.05) is 12.1 Å². The molecule has 0 bridgehead atoms. The first-order valence-corrected chi connectivity index (χ1v) is 9.81. The largest absolute Gasteiger partial charge is 0.449 e. The average molecular weight is 408 g/mol. The molecule has 0 unspecified atom stereocenters. The van der Waals surface area contributed by atoms with Gasteiger partial charge in [0, 0.05) is 19.8 Å². The fourth-order valence-electron chi connectivity index (χ4n) is 2.31. The van der Waals surface area contributed by atoms with Crippen molar-refractivity contribution < 1.29 is 27.1 Å². The zero-order chi connectivity index (χ0) is 21.1. The van der Waals surface area contributed by atoms with Crippen molar-refractivity contribution in [2.45, 2.75) is 24.8 Å². The highest BCUT2D eigenvalue weighted by molar-refractivity contribution is 7.92. The van der Waals surface area contributed by atoms with Gasteiger partial charge in [-0.05, 0) is 49.7 Å². The number of hydrogen-bond donors (Lipinski definition) is 1. The first-order chi connectivity index (χ1) is 13.0. The molecule has 7 nitrogen and oxygen atoms in total. The van der Waals surface area contributed by atoms with E-state index in [0.29, 0.717) is 5.56 Å². The maximum Gasteiger partial charge on any atom is 0.338 e. The van der Waals surface area contributed by atoms with Crippen molar-refractivity contribution in [2.24, 2.45) is 0 Å². The van der Waals surface area contributed by atoms with Crippen LogP contribution in [0, 0.1) is 12.7 Å². The van der Waals surface area contributed by atoms with E-state index in [0.717, 1.165) is 6.07 Å². The maximum atomic E-state index is 13.7. The normalized spacial score (nSPS) is 12.2. The number of hydrogen-bond acceptors (Lipinski definition) is 5. The van der Waals surface area contributed by atoms with Crippen molar-refractivity contribution in [1.29, 1.82) is 0 Å². The van der Waals surface area contributed by atoms with Crippen molar-refractivity contribution in [2.75, 3.05) is 18.8 Å². The van der Waals surface area contributed by atoms with E-state index in [9.17, 15) is 22.4 Å². The minimum atomic E-state index is -4.05. The first kappa shape index (κ1) is 21.4. The Morgan fingerprint density at radius 3 is 2.43 bits per heavy atom. The molecule has 0 radical (unpaired) electrons. The van der Waals surface area contributed by atoms with Crippen molar-refractivity contribution in [3.8, 4) is 0 Å². The number of anilines is 1. The van der Waals surface area contributed by atoms with E-state index in [-0.39, 0.29) is 22.1 Å². The summed E-state index contributed by atoms with van der Waals surface area (Å²) in [6, 6.07) is 9.17. The van der Waals surface area contributed by atoms with Gasteiger partial charge in [-0.25, -0.2) is 17.6 Å². The van der Waals surface area contributed by atoms with Gasteiger partial charge in [0.05, 0.1) is 10.5 Å². The Labute approximate surface area is 163 Å². The van der Waals surface area contributed by atoms with E-state index in [1.165, 1.54) is 69.2 Å². The van der Waals surface area contributed by atoms with Crippen molar-refractivity contribution in [3.63, 3.8) is 0 Å². The van der Waals surface area contributed by atoms with Gasteiger partial charge in [0.2, 0.25) is 0 Å². The summed E-state index contributed by atoms with van der Waals surface area (Å²) in [5.41, 5.74) is 0.487. The van der Waals surface area contributed by atoms with Crippen LogP contribution in [-0.4, -0.2) is 45.4 Å². The Morgan fingerprint density at radius 2 is 1.82 bits per heavy atom. The van der Waals surface area contributed by atoms with Gasteiger partial charge in [0.15, 0.2) is 6.10 Å². The molecule has 0 heterocycles. The van der Waals surface area contributed by atoms with Gasteiger partial charge < -0.3 is 9.64 Å². The molecule has 0 fully saturated rings. The van der Waals surface area contributed by atoms with E-state index in [4.69, 9.17) is 4.74 Å². The summed E-state index contributed by atoms with van der Waals surface area (Å²) in [5.74, 6) is -1.79. The van der Waals surface area contributed by atoms with E-state index < -0.39 is 27.9 Å². The topological polar surface area (TPSA) is 92.8 Å². The van der Waals surface area contributed by atoms with E-state index in [1.807, 2.05) is 0 Å². The number of nitrogens with one attached hydrogen (secondary N) is 1. The van der Waals surface area contributed by atoms with Crippen LogP contribution < -0.4 is 4.72 Å². The second-order valence-electron chi connectivity index (χ2n) is 6.38. The lowest BCUT2D eigenvalue weighted by atomic mass is 10.2. The molecule has 9 heteroatoms. The lowest BCUT2D eigenvalue weighted by molar-refractivity contribution is -0.137. The summed E-state index contributed by atoms with van der Waals surface area (Å²) in [6.07, 6.45) is -0.988. The number of esters is 1. The van der Waals surface area contributed by atoms with Crippen LogP contribution in [-0.2, 0) is 19.6 Å². The monoisotopic (exact) mass is 408 g/mol. The lowest BCUT2D eigenvalue weighted by Gasteiger charge is -2.17. The molecule has 1 atom stereocenters. The molecule has 1 N–H and O–H groups in total. The summed E-state index contributed by atoms with van der Waals surface area (Å²) in [5, 5.41) is 0. The molecule has 1 amide bonds. The Bertz CT molecular complexity index is 1010. The molecule has 0 aliphatic heterocycles. The van der Waals surface area contributed by atoms with Crippen LogP contribution in [0.1, 0.15) is 22.8 Å². The molecule has 2 aromatic rings. The summed E-state index contributed by atoms with van der Waals surface area (Å²) in [7, 11) is -0.970. The van der Waals surface area contributed by atoms with Crippen LogP contribution in [0.15, 0.2) is 47.4 Å². The van der Waals surface area contributed by atoms with Crippen molar-refractivity contribution >= 4 is 27.6 Å². The van der Waals surface area contributed by atoms with Gasteiger partial charge in [0.25, 0.3) is 15.9 Å². The molecule has 0 saturated carbocycles. The molecule has 28 heavy (non-hydrogen) atoms. The number of halogens is 1. The summed E-state index contributed by atoms with van der Waals surface area (Å²) in [4.78, 5) is 25.1. The third-order valence-corrected chi connectivity index (χ3v) is 5.26. The minimum absolute atomic E-state index is 0.0636. The molecule has 2 aromatic carbocycles. The number of ether oxygens (including phenoxy) is 1. The molecule has 0 saturated heterocycles. The zero-order valence-electron chi connectivity index (χ0n) is 15.9. The standard InChI is InChI=1S/C19H21FN2O5S/c1-12-8-9-16(11-17(12)20)28(25,26)21-15-7-5-6-14(10-15)19(24)27-13(2)18(23)22(3)4/h5-11,13,21H,1-4H3/t13-/m0/s1. The van der Waals surface area contributed by atoms with Gasteiger partial charge in [-0.2, -0.15) is 0 Å². The van der Waals surface area contributed by atoms with E-state index >= 15 is 0 Å². The van der Waals surface area contributed by atoms with Crippen molar-refractivity contribution in [1.82, 2.24) is 4.90 Å². The van der Waals surface area contributed by atoms with Gasteiger partial charge >= 0.3 is 5.97 Å². The van der Waals surface area contributed by atoms with Crippen LogP contribution in [0.5, 0.6) is 0 Å². The average Bonchev–Trinajstić information content (AvgIpc) is 2.62. The van der Waals surface area contributed by atoms with Crippen molar-refractivity contribution in [3.05, 3.63) is 59.4 Å². The minimum Gasteiger partial charge on any atom is -0.449 e. The molecular weight excluding hydrogens is 387 g/mol. The van der Waals surface area contributed by atoms with Crippen LogP contribution in [0.3, 0.4) is 0 Å². The molecule has 0 aromatic heterocycles. The fraction of sp³-hybridized carbons (Fsp3) is 0.263. The lowest BCUT2D eigenvalue weighted by Crippen LogP contribution is -2.34. The number of carbonyl (C=O) groups is 2.